The van der Waals surface area contributed by atoms with Gasteiger partial charge in [0.25, 0.3) is 0 Å². The van der Waals surface area contributed by atoms with E-state index in [2.05, 4.69) is 5.32 Å². The fourth-order valence-electron chi connectivity index (χ4n) is 2.88. The molecule has 1 N–H and O–H groups in total. The molecule has 8 heteroatoms. The lowest BCUT2D eigenvalue weighted by Crippen LogP contribution is -2.53. The first-order chi connectivity index (χ1) is 12.4. The largest absolute Gasteiger partial charge is 0.382 e. The van der Waals surface area contributed by atoms with Gasteiger partial charge < -0.3 is 15.0 Å². The molecule has 26 heavy (non-hydrogen) atoms. The lowest BCUT2D eigenvalue weighted by Gasteiger charge is -2.35. The third-order valence-electron chi connectivity index (χ3n) is 4.43. The van der Waals surface area contributed by atoms with E-state index in [9.17, 15) is 8.42 Å². The van der Waals surface area contributed by atoms with E-state index >= 15 is 0 Å². The maximum Gasteiger partial charge on any atom is 0.243 e. The summed E-state index contributed by atoms with van der Waals surface area (Å²) in [6, 6.07) is 5.54. The van der Waals surface area contributed by atoms with Gasteiger partial charge in [-0.15, -0.1) is 0 Å². The first kappa shape index (κ1) is 21.1. The number of aryl methyl sites for hydroxylation is 2. The van der Waals surface area contributed by atoms with E-state index in [1.807, 2.05) is 37.8 Å². The highest BCUT2D eigenvalue weighted by molar-refractivity contribution is 7.89. The van der Waals surface area contributed by atoms with Crippen molar-refractivity contribution in [2.24, 2.45) is 0 Å². The predicted octanol–water partition coefficient (Wildman–Crippen LogP) is 1.91. The molecule has 1 aromatic rings. The Labute approximate surface area is 162 Å². The van der Waals surface area contributed by atoms with Crippen molar-refractivity contribution < 1.29 is 13.2 Å². The molecule has 0 unspecified atom stereocenters. The zero-order valence-corrected chi connectivity index (χ0v) is 17.5. The molecule has 1 saturated heterocycles. The molecule has 1 fully saturated rings. The first-order valence-electron chi connectivity index (χ1n) is 9.04. The van der Waals surface area contributed by atoms with Gasteiger partial charge in [0.2, 0.25) is 10.0 Å². The van der Waals surface area contributed by atoms with Crippen LogP contribution in [0.1, 0.15) is 24.5 Å². The lowest BCUT2D eigenvalue weighted by molar-refractivity contribution is 0.145. The van der Waals surface area contributed by atoms with Crippen molar-refractivity contribution in [2.75, 3.05) is 45.9 Å². The Morgan fingerprint density at radius 1 is 1.23 bits per heavy atom. The maximum absolute atomic E-state index is 13.0. The van der Waals surface area contributed by atoms with Crippen molar-refractivity contribution in [3.8, 4) is 0 Å². The number of nitrogens with zero attached hydrogens (tertiary/aromatic N) is 2. The Hall–Kier alpha value is -1.22. The smallest absolute Gasteiger partial charge is 0.243 e. The van der Waals surface area contributed by atoms with Gasteiger partial charge in [-0.25, -0.2) is 8.42 Å². The van der Waals surface area contributed by atoms with Crippen LogP contribution in [0.2, 0.25) is 0 Å². The Morgan fingerprint density at radius 3 is 2.58 bits per heavy atom. The summed E-state index contributed by atoms with van der Waals surface area (Å²) in [6.45, 7) is 10.0. The standard InChI is InChI=1S/C18H29N3O3S2/c1-4-24-13-5-8-19-18(25)20-9-11-21(12-10-20)26(22,23)17-14-15(2)6-7-16(17)3/h6-7,14H,4-5,8-13H2,1-3H3,(H,19,25). The Bertz CT molecular complexity index is 714. The summed E-state index contributed by atoms with van der Waals surface area (Å²) in [4.78, 5) is 2.44. The molecule has 1 aromatic carbocycles. The molecule has 146 valence electrons. The van der Waals surface area contributed by atoms with Crippen molar-refractivity contribution >= 4 is 27.4 Å². The van der Waals surface area contributed by atoms with E-state index in [0.29, 0.717) is 42.8 Å². The molecule has 0 saturated carbocycles. The van der Waals surface area contributed by atoms with Gasteiger partial charge in [-0.3, -0.25) is 0 Å². The molecule has 1 heterocycles. The van der Waals surface area contributed by atoms with E-state index < -0.39 is 10.0 Å². The van der Waals surface area contributed by atoms with E-state index in [1.165, 1.54) is 0 Å². The summed E-state index contributed by atoms with van der Waals surface area (Å²) in [5.41, 5.74) is 1.73. The Kier molecular flexibility index (Phi) is 7.82. The first-order valence-corrected chi connectivity index (χ1v) is 10.9. The molecular weight excluding hydrogens is 370 g/mol. The fraction of sp³-hybridized carbons (Fsp3) is 0.611. The van der Waals surface area contributed by atoms with Crippen molar-refractivity contribution in [3.05, 3.63) is 29.3 Å². The average Bonchev–Trinajstić information content (AvgIpc) is 2.63. The van der Waals surface area contributed by atoms with Crippen LogP contribution < -0.4 is 5.32 Å². The minimum atomic E-state index is -3.47. The normalized spacial score (nSPS) is 15.9. The zero-order valence-electron chi connectivity index (χ0n) is 15.8. The number of piperazine rings is 1. The zero-order chi connectivity index (χ0) is 19.2. The Morgan fingerprint density at radius 2 is 1.92 bits per heavy atom. The highest BCUT2D eigenvalue weighted by Gasteiger charge is 2.30. The van der Waals surface area contributed by atoms with Crippen molar-refractivity contribution in [2.45, 2.75) is 32.1 Å². The van der Waals surface area contributed by atoms with Gasteiger partial charge in [0.1, 0.15) is 0 Å². The Balaban J connectivity index is 1.89. The third kappa shape index (κ3) is 5.39. The second kappa shape index (κ2) is 9.64. The molecule has 1 aliphatic rings. The molecule has 0 radical (unpaired) electrons. The molecule has 0 bridgehead atoms. The number of sulfonamides is 1. The maximum atomic E-state index is 13.0. The molecule has 0 amide bonds. The number of thiocarbonyl (C=S) groups is 1. The van der Waals surface area contributed by atoms with E-state index in [0.717, 1.165) is 30.7 Å². The number of rotatable bonds is 7. The highest BCUT2D eigenvalue weighted by Crippen LogP contribution is 2.22. The minimum Gasteiger partial charge on any atom is -0.382 e. The fourth-order valence-corrected chi connectivity index (χ4v) is 4.90. The van der Waals surface area contributed by atoms with Gasteiger partial charge in [-0.2, -0.15) is 4.31 Å². The van der Waals surface area contributed by atoms with Gasteiger partial charge in [0.15, 0.2) is 5.11 Å². The number of ether oxygens (including phenoxy) is 1. The van der Waals surface area contributed by atoms with Crippen LogP contribution in [0, 0.1) is 13.8 Å². The monoisotopic (exact) mass is 399 g/mol. The summed E-state index contributed by atoms with van der Waals surface area (Å²) in [5.74, 6) is 0. The number of hydrogen-bond donors (Lipinski definition) is 1. The van der Waals surface area contributed by atoms with Gasteiger partial charge in [0.05, 0.1) is 4.90 Å². The van der Waals surface area contributed by atoms with Crippen LogP contribution in [0.25, 0.3) is 0 Å². The van der Waals surface area contributed by atoms with Crippen LogP contribution in [-0.2, 0) is 14.8 Å². The molecule has 0 aliphatic carbocycles. The van der Waals surface area contributed by atoms with Gasteiger partial charge in [-0.05, 0) is 56.6 Å². The van der Waals surface area contributed by atoms with Crippen molar-refractivity contribution in [1.82, 2.24) is 14.5 Å². The topological polar surface area (TPSA) is 61.9 Å². The molecule has 0 aromatic heterocycles. The highest BCUT2D eigenvalue weighted by atomic mass is 32.2. The SMILES string of the molecule is CCOCCCNC(=S)N1CCN(S(=O)(=O)c2cc(C)ccc2C)CC1. The molecule has 0 atom stereocenters. The summed E-state index contributed by atoms with van der Waals surface area (Å²) in [5, 5.41) is 3.91. The number of benzene rings is 1. The second-order valence-electron chi connectivity index (χ2n) is 6.44. The van der Waals surface area contributed by atoms with Crippen LogP contribution in [0.15, 0.2) is 23.1 Å². The van der Waals surface area contributed by atoms with Crippen molar-refractivity contribution in [1.29, 1.82) is 0 Å². The summed E-state index contributed by atoms with van der Waals surface area (Å²) < 4.78 is 32.8. The van der Waals surface area contributed by atoms with E-state index in [1.54, 1.807) is 10.4 Å². The summed E-state index contributed by atoms with van der Waals surface area (Å²) in [6.07, 6.45) is 0.898. The lowest BCUT2D eigenvalue weighted by atomic mass is 10.2. The van der Waals surface area contributed by atoms with Crippen LogP contribution in [0.3, 0.4) is 0 Å². The summed E-state index contributed by atoms with van der Waals surface area (Å²) >= 11 is 5.42. The average molecular weight is 400 g/mol. The molecule has 0 spiro atoms. The second-order valence-corrected chi connectivity index (χ2v) is 8.74. The molecule has 1 aliphatic heterocycles. The van der Waals surface area contributed by atoms with Crippen LogP contribution in [-0.4, -0.2) is 68.7 Å². The van der Waals surface area contributed by atoms with Gasteiger partial charge in [-0.1, -0.05) is 12.1 Å². The number of nitrogens with one attached hydrogen (secondary N) is 1. The molecule has 6 nitrogen and oxygen atoms in total. The molecular formula is C18H29N3O3S2. The van der Waals surface area contributed by atoms with E-state index in [4.69, 9.17) is 17.0 Å². The van der Waals surface area contributed by atoms with Gasteiger partial charge >= 0.3 is 0 Å². The van der Waals surface area contributed by atoms with Crippen molar-refractivity contribution in [3.63, 3.8) is 0 Å². The van der Waals surface area contributed by atoms with E-state index in [-0.39, 0.29) is 0 Å². The van der Waals surface area contributed by atoms with Gasteiger partial charge in [0, 0.05) is 45.9 Å². The predicted molar refractivity (Wildman–Crippen MR) is 108 cm³/mol. The van der Waals surface area contributed by atoms with Crippen LogP contribution in [0.4, 0.5) is 0 Å². The number of hydrogen-bond acceptors (Lipinski definition) is 4. The summed E-state index contributed by atoms with van der Waals surface area (Å²) in [7, 11) is -3.47. The quantitative estimate of drug-likeness (QED) is 0.558. The minimum absolute atomic E-state index is 0.405. The molecule has 2 rings (SSSR count). The van der Waals surface area contributed by atoms with Crippen LogP contribution in [0.5, 0.6) is 0 Å². The van der Waals surface area contributed by atoms with Crippen LogP contribution >= 0.6 is 12.2 Å². The third-order valence-corrected chi connectivity index (χ3v) is 6.88.